The van der Waals surface area contributed by atoms with E-state index in [1.165, 1.54) is 11.3 Å². The van der Waals surface area contributed by atoms with Crippen molar-refractivity contribution in [2.24, 2.45) is 0 Å². The van der Waals surface area contributed by atoms with E-state index >= 15 is 0 Å². The Balaban J connectivity index is 1.42. The first kappa shape index (κ1) is 22.3. The van der Waals surface area contributed by atoms with Crippen LogP contribution in [0.2, 0.25) is 0 Å². The van der Waals surface area contributed by atoms with Gasteiger partial charge in [-0.3, -0.25) is 4.79 Å². The number of esters is 2. The van der Waals surface area contributed by atoms with Gasteiger partial charge in [-0.15, -0.1) is 11.3 Å². The van der Waals surface area contributed by atoms with Gasteiger partial charge in [-0.25, -0.2) is 9.59 Å². The quantitative estimate of drug-likeness (QED) is 0.492. The zero-order chi connectivity index (χ0) is 23.7. The van der Waals surface area contributed by atoms with Gasteiger partial charge in [0.1, 0.15) is 11.1 Å². The third-order valence-corrected chi connectivity index (χ3v) is 7.50. The zero-order valence-electron chi connectivity index (χ0n) is 18.9. The number of hydrogen-bond donors (Lipinski definition) is 1. The van der Waals surface area contributed by atoms with Crippen LogP contribution in [0.15, 0.2) is 48.5 Å². The fraction of sp³-hybridized carbons (Fsp3) is 0.296. The van der Waals surface area contributed by atoms with Crippen LogP contribution in [-0.4, -0.2) is 24.5 Å². The summed E-state index contributed by atoms with van der Waals surface area (Å²) in [7, 11) is 0. The van der Waals surface area contributed by atoms with Gasteiger partial charge in [0.05, 0.1) is 17.7 Å². The minimum atomic E-state index is -0.393. The van der Waals surface area contributed by atoms with E-state index < -0.39 is 11.9 Å². The maximum Gasteiger partial charge on any atom is 0.341 e. The van der Waals surface area contributed by atoms with Gasteiger partial charge in [0.15, 0.2) is 0 Å². The molecule has 2 aromatic carbocycles. The summed E-state index contributed by atoms with van der Waals surface area (Å²) in [5.74, 6) is -1.10. The van der Waals surface area contributed by atoms with E-state index in [0.717, 1.165) is 47.3 Å². The predicted octanol–water partition coefficient (Wildman–Crippen LogP) is 5.51. The fourth-order valence-electron chi connectivity index (χ4n) is 4.64. The van der Waals surface area contributed by atoms with Crippen LogP contribution in [0.25, 0.3) is 0 Å². The Labute approximate surface area is 201 Å². The standard InChI is InChI=1S/C27H25NO5S/c1-2-32-27(31)23-20-10-6-7-11-22(20)34-25(23)28-24(29)17-12-13-19-18(14-17)15-21(33-26(19)30)16-8-4-3-5-9-16/h3-5,8-9,12-14,21H,2,6-7,10-11,15H2,1H3,(H,28,29)/t21-/m0/s1. The van der Waals surface area contributed by atoms with E-state index in [-0.39, 0.29) is 18.6 Å². The molecule has 1 aliphatic carbocycles. The third kappa shape index (κ3) is 4.23. The number of nitrogens with one attached hydrogen (secondary N) is 1. The second kappa shape index (κ2) is 9.43. The first-order chi connectivity index (χ1) is 16.5. The van der Waals surface area contributed by atoms with Gasteiger partial charge < -0.3 is 14.8 Å². The van der Waals surface area contributed by atoms with Crippen LogP contribution in [0.5, 0.6) is 0 Å². The highest BCUT2D eigenvalue weighted by Gasteiger charge is 2.30. The lowest BCUT2D eigenvalue weighted by atomic mass is 9.93. The average Bonchev–Trinajstić information content (AvgIpc) is 3.22. The van der Waals surface area contributed by atoms with Crippen molar-refractivity contribution in [3.8, 4) is 0 Å². The number of carbonyl (C=O) groups excluding carboxylic acids is 3. The molecule has 0 saturated heterocycles. The van der Waals surface area contributed by atoms with E-state index in [1.807, 2.05) is 30.3 Å². The predicted molar refractivity (Wildman–Crippen MR) is 130 cm³/mol. The lowest BCUT2D eigenvalue weighted by molar-refractivity contribution is 0.0252. The first-order valence-electron chi connectivity index (χ1n) is 11.6. The molecule has 0 unspecified atom stereocenters. The first-order valence-corrected chi connectivity index (χ1v) is 12.4. The van der Waals surface area contributed by atoms with Gasteiger partial charge in [0, 0.05) is 16.9 Å². The molecular weight excluding hydrogens is 450 g/mol. The van der Waals surface area contributed by atoms with Crippen molar-refractivity contribution < 1.29 is 23.9 Å². The Morgan fingerprint density at radius 2 is 1.91 bits per heavy atom. The molecule has 1 aliphatic heterocycles. The van der Waals surface area contributed by atoms with Crippen LogP contribution >= 0.6 is 11.3 Å². The molecule has 1 amide bonds. The molecule has 5 rings (SSSR count). The Morgan fingerprint density at radius 1 is 1.12 bits per heavy atom. The van der Waals surface area contributed by atoms with Crippen molar-refractivity contribution in [3.63, 3.8) is 0 Å². The molecule has 7 heteroatoms. The number of anilines is 1. The average molecular weight is 476 g/mol. The van der Waals surface area contributed by atoms with E-state index in [9.17, 15) is 14.4 Å². The topological polar surface area (TPSA) is 81.7 Å². The molecule has 0 radical (unpaired) electrons. The lowest BCUT2D eigenvalue weighted by Gasteiger charge is -2.25. The molecule has 0 fully saturated rings. The summed E-state index contributed by atoms with van der Waals surface area (Å²) in [4.78, 5) is 39.6. The van der Waals surface area contributed by atoms with Crippen LogP contribution < -0.4 is 5.32 Å². The van der Waals surface area contributed by atoms with Gasteiger partial charge >= 0.3 is 11.9 Å². The van der Waals surface area contributed by atoms with Crippen molar-refractivity contribution in [2.75, 3.05) is 11.9 Å². The largest absolute Gasteiger partial charge is 0.462 e. The molecule has 0 bridgehead atoms. The Kier molecular flexibility index (Phi) is 6.20. The molecule has 0 spiro atoms. The van der Waals surface area contributed by atoms with E-state index in [2.05, 4.69) is 5.32 Å². The van der Waals surface area contributed by atoms with Crippen LogP contribution in [0, 0.1) is 0 Å². The highest BCUT2D eigenvalue weighted by atomic mass is 32.1. The van der Waals surface area contributed by atoms with Crippen molar-refractivity contribution in [2.45, 2.75) is 45.1 Å². The summed E-state index contributed by atoms with van der Waals surface area (Å²) in [6.45, 7) is 2.05. The second-order valence-electron chi connectivity index (χ2n) is 8.47. The smallest absolute Gasteiger partial charge is 0.341 e. The number of aryl methyl sites for hydroxylation is 1. The molecule has 3 aromatic rings. The minimum absolute atomic E-state index is 0.278. The number of amides is 1. The molecule has 34 heavy (non-hydrogen) atoms. The molecular formula is C27H25NO5S. The van der Waals surface area contributed by atoms with Gasteiger partial charge in [-0.05, 0) is 67.5 Å². The summed E-state index contributed by atoms with van der Waals surface area (Å²) in [6.07, 6.45) is 3.92. The zero-order valence-corrected chi connectivity index (χ0v) is 19.7. The molecule has 1 N–H and O–H groups in total. The Hall–Kier alpha value is -3.45. The van der Waals surface area contributed by atoms with Crippen molar-refractivity contribution >= 4 is 34.2 Å². The molecule has 0 saturated carbocycles. The fourth-order valence-corrected chi connectivity index (χ4v) is 5.91. The number of rotatable bonds is 5. The number of thiophene rings is 1. The molecule has 2 heterocycles. The van der Waals surface area contributed by atoms with Crippen molar-refractivity contribution in [3.05, 3.63) is 86.8 Å². The Morgan fingerprint density at radius 3 is 2.71 bits per heavy atom. The van der Waals surface area contributed by atoms with Gasteiger partial charge in [-0.1, -0.05) is 30.3 Å². The number of benzene rings is 2. The summed E-state index contributed by atoms with van der Waals surface area (Å²) in [5.41, 5.74) is 4.09. The maximum absolute atomic E-state index is 13.2. The lowest BCUT2D eigenvalue weighted by Crippen LogP contribution is -2.23. The molecule has 1 atom stereocenters. The normalized spacial score (nSPS) is 16.7. The second-order valence-corrected chi connectivity index (χ2v) is 9.58. The number of fused-ring (bicyclic) bond motifs is 2. The van der Waals surface area contributed by atoms with Gasteiger partial charge in [-0.2, -0.15) is 0 Å². The number of ether oxygens (including phenoxy) is 2. The van der Waals surface area contributed by atoms with Crippen molar-refractivity contribution in [1.29, 1.82) is 0 Å². The van der Waals surface area contributed by atoms with Crippen LogP contribution in [0.1, 0.15) is 78.5 Å². The molecule has 6 nitrogen and oxygen atoms in total. The number of cyclic esters (lactones) is 1. The minimum Gasteiger partial charge on any atom is -0.462 e. The molecule has 174 valence electrons. The summed E-state index contributed by atoms with van der Waals surface area (Å²) >= 11 is 1.46. The van der Waals surface area contributed by atoms with Crippen LogP contribution in [0.3, 0.4) is 0 Å². The summed E-state index contributed by atoms with van der Waals surface area (Å²) in [6, 6.07) is 14.6. The monoisotopic (exact) mass is 475 g/mol. The van der Waals surface area contributed by atoms with E-state index in [0.29, 0.717) is 28.1 Å². The molecule has 1 aromatic heterocycles. The van der Waals surface area contributed by atoms with Crippen LogP contribution in [0.4, 0.5) is 5.00 Å². The number of carbonyl (C=O) groups is 3. The van der Waals surface area contributed by atoms with Crippen LogP contribution in [-0.2, 0) is 28.7 Å². The highest BCUT2D eigenvalue weighted by molar-refractivity contribution is 7.17. The summed E-state index contributed by atoms with van der Waals surface area (Å²) in [5, 5.41) is 3.48. The third-order valence-electron chi connectivity index (χ3n) is 6.29. The maximum atomic E-state index is 13.2. The SMILES string of the molecule is CCOC(=O)c1c(NC(=O)c2ccc3c(c2)C[C@@H](c2ccccc2)OC3=O)sc2c1CCCC2. The van der Waals surface area contributed by atoms with E-state index in [4.69, 9.17) is 9.47 Å². The number of hydrogen-bond acceptors (Lipinski definition) is 6. The highest BCUT2D eigenvalue weighted by Crippen LogP contribution is 2.39. The summed E-state index contributed by atoms with van der Waals surface area (Å²) < 4.78 is 10.9. The van der Waals surface area contributed by atoms with E-state index in [1.54, 1.807) is 25.1 Å². The van der Waals surface area contributed by atoms with Gasteiger partial charge in [0.25, 0.3) is 5.91 Å². The molecule has 2 aliphatic rings. The van der Waals surface area contributed by atoms with Crippen molar-refractivity contribution in [1.82, 2.24) is 0 Å². The Bertz CT molecular complexity index is 1260. The van der Waals surface area contributed by atoms with Gasteiger partial charge in [0.2, 0.25) is 0 Å².